The van der Waals surface area contributed by atoms with Crippen molar-refractivity contribution in [3.05, 3.63) is 52.5 Å². The summed E-state index contributed by atoms with van der Waals surface area (Å²) < 4.78 is 27.9. The third-order valence-corrected chi connectivity index (χ3v) is 5.91. The van der Waals surface area contributed by atoms with Crippen molar-refractivity contribution in [1.29, 1.82) is 0 Å². The van der Waals surface area contributed by atoms with Crippen LogP contribution in [0.3, 0.4) is 0 Å². The number of thiophene rings is 1. The third kappa shape index (κ3) is 12.2. The van der Waals surface area contributed by atoms with Gasteiger partial charge in [-0.25, -0.2) is 4.39 Å². The van der Waals surface area contributed by atoms with Gasteiger partial charge >= 0.3 is 5.97 Å². The van der Waals surface area contributed by atoms with Gasteiger partial charge in [0.05, 0.1) is 32.3 Å². The van der Waals surface area contributed by atoms with Crippen LogP contribution in [0.2, 0.25) is 0 Å². The number of carbonyl (C=O) groups excluding carboxylic acids is 3. The quantitative estimate of drug-likeness (QED) is 0.219. The van der Waals surface area contributed by atoms with Crippen LogP contribution in [-0.2, 0) is 19.1 Å². The van der Waals surface area contributed by atoms with E-state index in [1.54, 1.807) is 25.3 Å². The predicted molar refractivity (Wildman–Crippen MR) is 139 cm³/mol. The first kappa shape index (κ1) is 31.1. The number of benzene rings is 1. The van der Waals surface area contributed by atoms with E-state index >= 15 is 0 Å². The smallest absolute Gasteiger partial charge is 0.325 e. The molecule has 1 saturated heterocycles. The fourth-order valence-electron chi connectivity index (χ4n) is 3.07. The van der Waals surface area contributed by atoms with Crippen LogP contribution in [0.25, 0.3) is 11.1 Å². The first-order valence-corrected chi connectivity index (χ1v) is 12.3. The molecular formula is C26H35FN2O6S. The van der Waals surface area contributed by atoms with Crippen molar-refractivity contribution in [3.63, 3.8) is 0 Å². The molecule has 1 aromatic heterocycles. The summed E-state index contributed by atoms with van der Waals surface area (Å²) in [5.74, 6) is -0.256. The van der Waals surface area contributed by atoms with Gasteiger partial charge in [-0.1, -0.05) is 6.08 Å². The molecule has 3 rings (SSSR count). The van der Waals surface area contributed by atoms with Crippen molar-refractivity contribution >= 4 is 29.9 Å². The molecule has 0 radical (unpaired) electrons. The molecule has 1 N–H and O–H groups in total. The Bertz CT molecular complexity index is 960. The summed E-state index contributed by atoms with van der Waals surface area (Å²) in [6.45, 7) is 3.15. The second-order valence-electron chi connectivity index (χ2n) is 7.71. The van der Waals surface area contributed by atoms with Gasteiger partial charge in [0, 0.05) is 6.07 Å². The summed E-state index contributed by atoms with van der Waals surface area (Å²) in [4.78, 5) is 34.4. The Morgan fingerprint density at radius 3 is 2.39 bits per heavy atom. The molecule has 0 saturated carbocycles. The van der Waals surface area contributed by atoms with Crippen LogP contribution in [0.5, 0.6) is 5.75 Å². The largest absolute Gasteiger partial charge is 0.497 e. The van der Waals surface area contributed by atoms with Crippen LogP contribution in [0.1, 0.15) is 22.5 Å². The predicted octanol–water partition coefficient (Wildman–Crippen LogP) is 3.61. The van der Waals surface area contributed by atoms with Gasteiger partial charge in [0.1, 0.15) is 23.9 Å². The monoisotopic (exact) mass is 522 g/mol. The number of nitrogens with one attached hydrogen (secondary N) is 1. The van der Waals surface area contributed by atoms with Gasteiger partial charge in [0.25, 0.3) is 0 Å². The van der Waals surface area contributed by atoms with Gasteiger partial charge in [-0.2, -0.15) is 0 Å². The summed E-state index contributed by atoms with van der Waals surface area (Å²) >= 11 is 1.33. The zero-order chi connectivity index (χ0) is 26.8. The number of likely N-dealkylation sites (tertiary alicyclic amines) is 1. The lowest BCUT2D eigenvalue weighted by Crippen LogP contribution is -2.39. The normalized spacial score (nSPS) is 13.7. The first-order valence-electron chi connectivity index (χ1n) is 11.4. The lowest BCUT2D eigenvalue weighted by atomic mass is 10.1. The van der Waals surface area contributed by atoms with Crippen LogP contribution in [0.15, 0.2) is 41.8 Å². The van der Waals surface area contributed by atoms with Gasteiger partial charge < -0.3 is 24.4 Å². The highest BCUT2D eigenvalue weighted by Gasteiger charge is 2.16. The molecule has 1 aliphatic heterocycles. The molecule has 1 aliphatic rings. The number of halogens is 1. The maximum atomic E-state index is 13.2. The second-order valence-corrected chi connectivity index (χ2v) is 8.65. The van der Waals surface area contributed by atoms with Crippen LogP contribution in [0.4, 0.5) is 4.39 Å². The van der Waals surface area contributed by atoms with E-state index in [0.29, 0.717) is 29.1 Å². The van der Waals surface area contributed by atoms with Crippen LogP contribution in [-0.4, -0.2) is 84.1 Å². The summed E-state index contributed by atoms with van der Waals surface area (Å²) in [7, 11) is 6.63. The van der Waals surface area contributed by atoms with E-state index in [4.69, 9.17) is 9.47 Å². The Hall–Kier alpha value is -2.92. The Morgan fingerprint density at radius 2 is 1.89 bits per heavy atom. The molecule has 0 bridgehead atoms. The molecule has 0 aliphatic carbocycles. The standard InChI is InChI=1S/C12H9FO2S.C9H15NO4.C5H11N/c1-15-11-3-8(2-10(13)5-11)9-4-12(6-14)16-7-9;1-10-8(9(12)13-2)7-14-6-4-3-5-11;1-6-4-2-3-5-6/h2-7H,1H3;3-5,8,10H,6-7H2,1-2H3;2-5H2,1H3/b;4-3+;. The Balaban J connectivity index is 0.000000295. The average Bonchev–Trinajstić information content (AvgIpc) is 3.58. The number of likely N-dealkylation sites (N-methyl/N-ethyl adjacent to an activating group) is 1. The minimum atomic E-state index is -0.468. The number of nitrogens with zero attached hydrogens (tertiary/aromatic N) is 1. The molecule has 2 aromatic rings. The zero-order valence-electron chi connectivity index (χ0n) is 21.2. The van der Waals surface area contributed by atoms with Crippen molar-refractivity contribution in [3.8, 4) is 16.9 Å². The van der Waals surface area contributed by atoms with Crippen LogP contribution in [0, 0.1) is 5.82 Å². The number of rotatable bonds is 10. The molecule has 198 valence electrons. The summed E-state index contributed by atoms with van der Waals surface area (Å²) in [5, 5.41) is 4.57. The van der Waals surface area contributed by atoms with Gasteiger partial charge in [-0.3, -0.25) is 14.4 Å². The lowest BCUT2D eigenvalue weighted by molar-refractivity contribution is -0.144. The molecule has 1 unspecified atom stereocenters. The van der Waals surface area contributed by atoms with Gasteiger partial charge in [0.15, 0.2) is 6.29 Å². The van der Waals surface area contributed by atoms with Crippen molar-refractivity contribution < 1.29 is 33.0 Å². The highest BCUT2D eigenvalue weighted by molar-refractivity contribution is 7.12. The number of carbonyl (C=O) groups is 3. The van der Waals surface area contributed by atoms with E-state index in [0.717, 1.165) is 11.8 Å². The van der Waals surface area contributed by atoms with Crippen molar-refractivity contribution in [2.75, 3.05) is 54.6 Å². The minimum Gasteiger partial charge on any atom is -0.497 e. The van der Waals surface area contributed by atoms with Crippen molar-refractivity contribution in [2.45, 2.75) is 18.9 Å². The van der Waals surface area contributed by atoms with Crippen LogP contribution < -0.4 is 10.1 Å². The Labute approximate surface area is 216 Å². The summed E-state index contributed by atoms with van der Waals surface area (Å²) in [5.41, 5.74) is 1.53. The molecular weight excluding hydrogens is 487 g/mol. The molecule has 0 spiro atoms. The summed E-state index contributed by atoms with van der Waals surface area (Å²) in [6, 6.07) is 5.73. The second kappa shape index (κ2) is 18.4. The van der Waals surface area contributed by atoms with E-state index in [9.17, 15) is 18.8 Å². The molecule has 36 heavy (non-hydrogen) atoms. The maximum absolute atomic E-state index is 13.2. The average molecular weight is 523 g/mol. The van der Waals surface area contributed by atoms with E-state index in [2.05, 4.69) is 22.0 Å². The molecule has 1 fully saturated rings. The molecule has 0 amide bonds. The maximum Gasteiger partial charge on any atom is 0.325 e. The number of hydrogen-bond acceptors (Lipinski definition) is 9. The SMILES string of the molecule is CN1CCCC1.CNC(COC/C=C/C=O)C(=O)OC.COc1cc(F)cc(-c2csc(C=O)c2)c1. The third-order valence-electron chi connectivity index (χ3n) is 5.05. The molecule has 2 heterocycles. The molecule has 8 nitrogen and oxygen atoms in total. The fourth-order valence-corrected chi connectivity index (χ4v) is 3.78. The lowest BCUT2D eigenvalue weighted by Gasteiger charge is -2.12. The Kier molecular flexibility index (Phi) is 15.9. The van der Waals surface area contributed by atoms with Crippen LogP contribution >= 0.6 is 11.3 Å². The molecule has 10 heteroatoms. The number of ether oxygens (including phenoxy) is 3. The number of aldehydes is 2. The van der Waals surface area contributed by atoms with E-state index < -0.39 is 6.04 Å². The first-order chi connectivity index (χ1) is 17.4. The summed E-state index contributed by atoms with van der Waals surface area (Å²) in [6.07, 6.45) is 7.18. The minimum absolute atomic E-state index is 0.215. The number of hydrogen-bond donors (Lipinski definition) is 1. The van der Waals surface area contributed by atoms with E-state index in [1.165, 1.54) is 69.7 Å². The van der Waals surface area contributed by atoms with Gasteiger partial charge in [0.2, 0.25) is 0 Å². The molecule has 1 atom stereocenters. The van der Waals surface area contributed by atoms with E-state index in [-0.39, 0.29) is 18.4 Å². The highest BCUT2D eigenvalue weighted by atomic mass is 32.1. The number of allylic oxidation sites excluding steroid dienone is 1. The topological polar surface area (TPSA) is 94.2 Å². The number of esters is 1. The molecule has 1 aromatic carbocycles. The highest BCUT2D eigenvalue weighted by Crippen LogP contribution is 2.28. The van der Waals surface area contributed by atoms with Crippen molar-refractivity contribution in [1.82, 2.24) is 10.2 Å². The van der Waals surface area contributed by atoms with Crippen molar-refractivity contribution in [2.24, 2.45) is 0 Å². The number of methoxy groups -OCH3 is 2. The Morgan fingerprint density at radius 1 is 1.17 bits per heavy atom. The van der Waals surface area contributed by atoms with Gasteiger partial charge in [-0.15, -0.1) is 11.3 Å². The zero-order valence-corrected chi connectivity index (χ0v) is 22.0. The van der Waals surface area contributed by atoms with Gasteiger partial charge in [-0.05, 0) is 80.8 Å². The van der Waals surface area contributed by atoms with E-state index in [1.807, 2.05) is 5.38 Å². The fraction of sp³-hybridized carbons (Fsp3) is 0.423.